The summed E-state index contributed by atoms with van der Waals surface area (Å²) in [5.41, 5.74) is -0.317. The maximum atomic E-state index is 13.0. The first-order valence-corrected chi connectivity index (χ1v) is 10.5. The first-order chi connectivity index (χ1) is 13.2. The first-order valence-electron chi connectivity index (χ1n) is 10.5. The maximum absolute atomic E-state index is 13.0. The average molecular weight is 390 g/mol. The average Bonchev–Trinajstić information content (AvgIpc) is 3.15. The fraction of sp³-hybridized carbons (Fsp3) is 0.682. The Labute approximate surface area is 168 Å². The zero-order valence-electron chi connectivity index (χ0n) is 18.0. The van der Waals surface area contributed by atoms with E-state index in [0.29, 0.717) is 24.9 Å². The summed E-state index contributed by atoms with van der Waals surface area (Å²) in [5, 5.41) is 2.84. The van der Waals surface area contributed by atoms with E-state index in [9.17, 15) is 14.4 Å². The molecule has 0 aromatic carbocycles. The van der Waals surface area contributed by atoms with Crippen LogP contribution in [-0.2, 0) is 0 Å². The predicted octanol–water partition coefficient (Wildman–Crippen LogP) is 3.47. The van der Waals surface area contributed by atoms with Crippen molar-refractivity contribution in [3.05, 3.63) is 33.7 Å². The molecule has 2 amide bonds. The summed E-state index contributed by atoms with van der Waals surface area (Å²) in [7, 11) is 1.71. The fourth-order valence-corrected chi connectivity index (χ4v) is 3.73. The van der Waals surface area contributed by atoms with Gasteiger partial charge in [0.05, 0.1) is 0 Å². The highest BCUT2D eigenvalue weighted by molar-refractivity contribution is 5.99. The van der Waals surface area contributed by atoms with E-state index in [2.05, 4.69) is 19.2 Å². The molecule has 1 aliphatic carbocycles. The Morgan fingerprint density at radius 1 is 1.11 bits per heavy atom. The molecular formula is C22H35N3O3. The summed E-state index contributed by atoms with van der Waals surface area (Å²) in [6, 6.07) is 0.241. The number of hydrogen-bond acceptors (Lipinski definition) is 3. The number of carbonyl (C=O) groups excluding carboxylic acids is 2. The van der Waals surface area contributed by atoms with Crippen LogP contribution in [0.2, 0.25) is 0 Å². The largest absolute Gasteiger partial charge is 0.352 e. The number of amides is 2. The van der Waals surface area contributed by atoms with Crippen LogP contribution in [0.25, 0.3) is 0 Å². The monoisotopic (exact) mass is 389 g/mol. The van der Waals surface area contributed by atoms with Gasteiger partial charge in [-0.05, 0) is 31.1 Å². The SMILES string of the molecule is CC(C)CCNC(=O)c1cn(C2CCCC2)cc(C(=O)N(C)CC(C)C)c1=O. The number of aromatic nitrogens is 1. The van der Waals surface area contributed by atoms with E-state index in [1.54, 1.807) is 24.3 Å². The van der Waals surface area contributed by atoms with E-state index in [-0.39, 0.29) is 23.1 Å². The van der Waals surface area contributed by atoms with Gasteiger partial charge in [-0.1, -0.05) is 40.5 Å². The number of pyridine rings is 1. The van der Waals surface area contributed by atoms with Crippen LogP contribution in [-0.4, -0.2) is 41.4 Å². The van der Waals surface area contributed by atoms with Gasteiger partial charge in [-0.2, -0.15) is 0 Å². The minimum Gasteiger partial charge on any atom is -0.352 e. The van der Waals surface area contributed by atoms with Crippen molar-refractivity contribution >= 4 is 11.8 Å². The van der Waals surface area contributed by atoms with E-state index in [1.165, 1.54) is 0 Å². The molecule has 28 heavy (non-hydrogen) atoms. The van der Waals surface area contributed by atoms with Crippen molar-refractivity contribution in [3.8, 4) is 0 Å². The molecule has 2 rings (SSSR count). The molecule has 0 saturated heterocycles. The molecule has 6 heteroatoms. The van der Waals surface area contributed by atoms with Gasteiger partial charge < -0.3 is 14.8 Å². The van der Waals surface area contributed by atoms with Crippen LogP contribution in [0.4, 0.5) is 0 Å². The van der Waals surface area contributed by atoms with E-state index in [1.807, 2.05) is 18.4 Å². The van der Waals surface area contributed by atoms with Gasteiger partial charge in [0.1, 0.15) is 11.1 Å². The van der Waals surface area contributed by atoms with Crippen LogP contribution in [0.1, 0.15) is 86.6 Å². The Bertz CT molecular complexity index is 746. The van der Waals surface area contributed by atoms with Crippen molar-refractivity contribution < 1.29 is 9.59 Å². The highest BCUT2D eigenvalue weighted by Gasteiger charge is 2.25. The van der Waals surface area contributed by atoms with Crippen molar-refractivity contribution in [2.45, 2.75) is 65.8 Å². The summed E-state index contributed by atoms with van der Waals surface area (Å²) in [6.45, 7) is 9.31. The molecule has 0 bridgehead atoms. The van der Waals surface area contributed by atoms with Gasteiger partial charge in [-0.15, -0.1) is 0 Å². The molecule has 1 N–H and O–H groups in total. The summed E-state index contributed by atoms with van der Waals surface area (Å²) < 4.78 is 1.92. The van der Waals surface area contributed by atoms with Gasteiger partial charge in [0.15, 0.2) is 0 Å². The molecule has 1 aromatic heterocycles. The number of carbonyl (C=O) groups is 2. The van der Waals surface area contributed by atoms with Crippen LogP contribution in [0.5, 0.6) is 0 Å². The molecule has 0 spiro atoms. The quantitative estimate of drug-likeness (QED) is 0.740. The zero-order valence-corrected chi connectivity index (χ0v) is 18.0. The molecule has 0 aliphatic heterocycles. The summed E-state index contributed by atoms with van der Waals surface area (Å²) in [5.74, 6) is 0.0578. The molecule has 0 unspecified atom stereocenters. The van der Waals surface area contributed by atoms with Crippen molar-refractivity contribution in [1.29, 1.82) is 0 Å². The van der Waals surface area contributed by atoms with Crippen LogP contribution in [0.3, 0.4) is 0 Å². The van der Waals surface area contributed by atoms with Gasteiger partial charge >= 0.3 is 0 Å². The maximum Gasteiger partial charge on any atom is 0.259 e. The third-order valence-electron chi connectivity index (χ3n) is 5.26. The van der Waals surface area contributed by atoms with Gasteiger partial charge in [0.2, 0.25) is 5.43 Å². The van der Waals surface area contributed by atoms with Crippen molar-refractivity contribution in [2.24, 2.45) is 11.8 Å². The normalized spacial score (nSPS) is 14.7. The topological polar surface area (TPSA) is 71.4 Å². The van der Waals surface area contributed by atoms with E-state index < -0.39 is 11.3 Å². The van der Waals surface area contributed by atoms with Crippen molar-refractivity contribution in [1.82, 2.24) is 14.8 Å². The zero-order chi connectivity index (χ0) is 20.8. The highest BCUT2D eigenvalue weighted by Crippen LogP contribution is 2.29. The molecular weight excluding hydrogens is 354 g/mol. The van der Waals surface area contributed by atoms with Crippen molar-refractivity contribution in [2.75, 3.05) is 20.1 Å². The van der Waals surface area contributed by atoms with E-state index in [4.69, 9.17) is 0 Å². The summed E-state index contributed by atoms with van der Waals surface area (Å²) in [4.78, 5) is 40.2. The lowest BCUT2D eigenvalue weighted by Gasteiger charge is -2.22. The van der Waals surface area contributed by atoms with Gasteiger partial charge in [0.25, 0.3) is 11.8 Å². The van der Waals surface area contributed by atoms with Crippen LogP contribution in [0.15, 0.2) is 17.2 Å². The smallest absolute Gasteiger partial charge is 0.259 e. The minimum absolute atomic E-state index is 0.0689. The van der Waals surface area contributed by atoms with Crippen LogP contribution in [0, 0.1) is 11.8 Å². The Morgan fingerprint density at radius 3 is 2.29 bits per heavy atom. The second kappa shape index (κ2) is 9.89. The molecule has 1 aliphatic rings. The Balaban J connectivity index is 2.37. The minimum atomic E-state index is -0.475. The van der Waals surface area contributed by atoms with E-state index in [0.717, 1.165) is 32.1 Å². The fourth-order valence-electron chi connectivity index (χ4n) is 3.73. The lowest BCUT2D eigenvalue weighted by Crippen LogP contribution is -2.38. The Morgan fingerprint density at radius 2 is 1.71 bits per heavy atom. The Kier molecular flexibility index (Phi) is 7.84. The van der Waals surface area contributed by atoms with Gasteiger partial charge in [-0.3, -0.25) is 14.4 Å². The molecule has 1 heterocycles. The van der Waals surface area contributed by atoms with Crippen LogP contribution < -0.4 is 10.7 Å². The van der Waals surface area contributed by atoms with Crippen LogP contribution >= 0.6 is 0 Å². The summed E-state index contributed by atoms with van der Waals surface area (Å²) >= 11 is 0. The molecule has 6 nitrogen and oxygen atoms in total. The number of rotatable bonds is 8. The first kappa shape index (κ1) is 22.2. The predicted molar refractivity (Wildman–Crippen MR) is 112 cm³/mol. The lowest BCUT2D eigenvalue weighted by molar-refractivity contribution is 0.0776. The number of hydrogen-bond donors (Lipinski definition) is 1. The highest BCUT2D eigenvalue weighted by atomic mass is 16.2. The molecule has 1 aromatic rings. The molecule has 1 fully saturated rings. The number of nitrogens with one attached hydrogen (secondary N) is 1. The number of nitrogens with zero attached hydrogens (tertiary/aromatic N) is 2. The third kappa shape index (κ3) is 5.69. The molecule has 0 atom stereocenters. The molecule has 1 saturated carbocycles. The van der Waals surface area contributed by atoms with E-state index >= 15 is 0 Å². The molecule has 0 radical (unpaired) electrons. The summed E-state index contributed by atoms with van der Waals surface area (Å²) in [6.07, 6.45) is 8.41. The van der Waals surface area contributed by atoms with Gasteiger partial charge in [0, 0.05) is 38.6 Å². The van der Waals surface area contributed by atoms with Gasteiger partial charge in [-0.25, -0.2) is 0 Å². The third-order valence-corrected chi connectivity index (χ3v) is 5.26. The second-order valence-electron chi connectivity index (χ2n) is 8.82. The van der Waals surface area contributed by atoms with Crippen molar-refractivity contribution in [3.63, 3.8) is 0 Å². The molecule has 156 valence electrons. The lowest BCUT2D eigenvalue weighted by atomic mass is 10.1. The standard InChI is InChI=1S/C22H35N3O3/c1-15(2)10-11-23-21(27)18-13-25(17-8-6-7-9-17)14-19(20(18)26)22(28)24(5)12-16(3)4/h13-17H,6-12H2,1-5H3,(H,23,27). The Hall–Kier alpha value is -2.11. The second-order valence-corrected chi connectivity index (χ2v) is 8.82.